The van der Waals surface area contributed by atoms with Crippen LogP contribution in [0.15, 0.2) is 5.11 Å². The van der Waals surface area contributed by atoms with Gasteiger partial charge in [-0.15, -0.1) is 0 Å². The van der Waals surface area contributed by atoms with Gasteiger partial charge in [-0.25, -0.2) is 0 Å². The van der Waals surface area contributed by atoms with E-state index in [1.54, 1.807) is 0 Å². The van der Waals surface area contributed by atoms with E-state index in [1.165, 1.54) is 0 Å². The summed E-state index contributed by atoms with van der Waals surface area (Å²) in [6, 6.07) is 0. The highest BCUT2D eigenvalue weighted by Crippen LogP contribution is 2.19. The number of Topliss-reactive ketones (excluding diaryl/α,β-unsaturated/α-hetero) is 1. The number of amides is 1. The van der Waals surface area contributed by atoms with Gasteiger partial charge in [0.15, 0.2) is 0 Å². The molecule has 0 heterocycles. The lowest BCUT2D eigenvalue weighted by Gasteiger charge is -2.02. The molecule has 0 aliphatic rings. The van der Waals surface area contributed by atoms with Crippen LogP contribution in [0.3, 0.4) is 0 Å². The van der Waals surface area contributed by atoms with E-state index in [9.17, 15) is 22.8 Å². The molecule has 0 radical (unpaired) electrons. The molecule has 0 fully saturated rings. The Bertz CT molecular complexity index is 281. The van der Waals surface area contributed by atoms with Gasteiger partial charge in [0.2, 0.25) is 11.7 Å². The average Bonchev–Trinajstić information content (AvgIpc) is 2.02. The predicted molar refractivity (Wildman–Crippen MR) is 39.1 cm³/mol. The molecule has 0 saturated heterocycles. The first kappa shape index (κ1) is 12.4. The SMILES string of the molecule is [N-]=[N+]=NC(=O)CCCC(=O)C(F)(F)F. The second-order valence-electron chi connectivity index (χ2n) is 2.36. The molecule has 0 spiro atoms. The minimum absolute atomic E-state index is 0.268. The normalized spacial score (nSPS) is 10.5. The molecule has 0 N–H and O–H groups in total. The smallest absolute Gasteiger partial charge is 0.293 e. The largest absolute Gasteiger partial charge is 0.449 e. The van der Waals surface area contributed by atoms with Gasteiger partial charge in [0, 0.05) is 17.8 Å². The zero-order chi connectivity index (χ0) is 11.2. The van der Waals surface area contributed by atoms with E-state index in [-0.39, 0.29) is 12.8 Å². The van der Waals surface area contributed by atoms with Crippen LogP contribution in [-0.2, 0) is 9.59 Å². The zero-order valence-corrected chi connectivity index (χ0v) is 6.91. The predicted octanol–water partition coefficient (Wildman–Crippen LogP) is 2.12. The van der Waals surface area contributed by atoms with Gasteiger partial charge in [-0.05, 0) is 17.1 Å². The van der Waals surface area contributed by atoms with Gasteiger partial charge in [0.1, 0.15) is 0 Å². The summed E-state index contributed by atoms with van der Waals surface area (Å²) in [5.41, 5.74) is 7.77. The minimum atomic E-state index is -4.86. The number of nitrogens with zero attached hydrogens (tertiary/aromatic N) is 3. The summed E-state index contributed by atoms with van der Waals surface area (Å²) in [7, 11) is 0. The van der Waals surface area contributed by atoms with Gasteiger partial charge in [0.25, 0.3) is 0 Å². The molecule has 78 valence electrons. The third kappa shape index (κ3) is 5.15. The van der Waals surface area contributed by atoms with Crippen LogP contribution in [0.5, 0.6) is 0 Å². The van der Waals surface area contributed by atoms with Crippen molar-refractivity contribution in [1.82, 2.24) is 0 Å². The topological polar surface area (TPSA) is 82.9 Å². The number of ketones is 1. The van der Waals surface area contributed by atoms with Crippen LogP contribution >= 0.6 is 0 Å². The standard InChI is InChI=1S/C6H6F3N3O2/c7-6(8,9)4(13)2-1-3-5(14)11-12-10/h1-3H2. The van der Waals surface area contributed by atoms with E-state index in [0.717, 1.165) is 0 Å². The Morgan fingerprint density at radius 3 is 2.29 bits per heavy atom. The maximum atomic E-state index is 11.6. The molecular formula is C6H6F3N3O2. The number of azide groups is 1. The Kier molecular flexibility index (Phi) is 4.65. The van der Waals surface area contributed by atoms with Crippen LogP contribution < -0.4 is 0 Å². The van der Waals surface area contributed by atoms with Crippen molar-refractivity contribution >= 4 is 11.7 Å². The Morgan fingerprint density at radius 1 is 1.29 bits per heavy atom. The molecule has 0 aromatic rings. The second kappa shape index (κ2) is 5.23. The summed E-state index contributed by atoms with van der Waals surface area (Å²) >= 11 is 0. The lowest BCUT2D eigenvalue weighted by Crippen LogP contribution is -2.22. The van der Waals surface area contributed by atoms with E-state index >= 15 is 0 Å². The number of carbonyl (C=O) groups is 2. The molecule has 8 heteroatoms. The van der Waals surface area contributed by atoms with Crippen molar-refractivity contribution in [2.45, 2.75) is 25.4 Å². The fraction of sp³-hybridized carbons (Fsp3) is 0.667. The number of rotatable bonds is 4. The van der Waals surface area contributed by atoms with Crippen LogP contribution in [0.2, 0.25) is 0 Å². The number of alkyl halides is 3. The van der Waals surface area contributed by atoms with Crippen LogP contribution in [0, 0.1) is 0 Å². The molecule has 1 amide bonds. The fourth-order valence-electron chi connectivity index (χ4n) is 0.642. The molecule has 0 aliphatic carbocycles. The van der Waals surface area contributed by atoms with Crippen molar-refractivity contribution in [3.63, 3.8) is 0 Å². The first-order chi connectivity index (χ1) is 6.38. The maximum Gasteiger partial charge on any atom is 0.449 e. The molecule has 14 heavy (non-hydrogen) atoms. The van der Waals surface area contributed by atoms with Crippen molar-refractivity contribution in [3.8, 4) is 0 Å². The van der Waals surface area contributed by atoms with Crippen molar-refractivity contribution in [2.24, 2.45) is 5.11 Å². The van der Waals surface area contributed by atoms with E-state index in [2.05, 4.69) is 10.0 Å². The molecule has 0 aromatic heterocycles. The number of hydrogen-bond donors (Lipinski definition) is 0. The lowest BCUT2D eigenvalue weighted by atomic mass is 10.1. The van der Waals surface area contributed by atoms with Gasteiger partial charge >= 0.3 is 6.18 Å². The van der Waals surface area contributed by atoms with Crippen molar-refractivity contribution in [2.75, 3.05) is 0 Å². The number of carbonyl (C=O) groups excluding carboxylic acids is 2. The van der Waals surface area contributed by atoms with Gasteiger partial charge in [-0.3, -0.25) is 9.59 Å². The highest BCUT2D eigenvalue weighted by atomic mass is 19.4. The van der Waals surface area contributed by atoms with Gasteiger partial charge < -0.3 is 0 Å². The van der Waals surface area contributed by atoms with E-state index in [0.29, 0.717) is 0 Å². The Balaban J connectivity index is 3.81. The van der Waals surface area contributed by atoms with Crippen molar-refractivity contribution < 1.29 is 22.8 Å². The molecule has 0 atom stereocenters. The summed E-state index contributed by atoms with van der Waals surface area (Å²) in [5, 5.41) is 2.63. The minimum Gasteiger partial charge on any atom is -0.293 e. The van der Waals surface area contributed by atoms with E-state index < -0.39 is 24.3 Å². The summed E-state index contributed by atoms with van der Waals surface area (Å²) in [4.78, 5) is 22.9. The molecule has 0 saturated carbocycles. The van der Waals surface area contributed by atoms with Gasteiger partial charge in [-0.1, -0.05) is 0 Å². The maximum absolute atomic E-state index is 11.6. The van der Waals surface area contributed by atoms with Crippen LogP contribution in [0.4, 0.5) is 13.2 Å². The van der Waals surface area contributed by atoms with Gasteiger partial charge in [0.05, 0.1) is 0 Å². The summed E-state index contributed by atoms with van der Waals surface area (Å²) in [5.74, 6) is -2.76. The van der Waals surface area contributed by atoms with Crippen LogP contribution in [0.1, 0.15) is 19.3 Å². The summed E-state index contributed by atoms with van der Waals surface area (Å²) < 4.78 is 34.8. The third-order valence-electron chi connectivity index (χ3n) is 1.27. The van der Waals surface area contributed by atoms with Crippen LogP contribution in [0.25, 0.3) is 10.4 Å². The Hall–Kier alpha value is -1.56. The highest BCUT2D eigenvalue weighted by molar-refractivity contribution is 5.84. The highest BCUT2D eigenvalue weighted by Gasteiger charge is 2.37. The summed E-state index contributed by atoms with van der Waals surface area (Å²) in [6.45, 7) is 0. The lowest BCUT2D eigenvalue weighted by molar-refractivity contribution is -0.171. The molecule has 0 unspecified atom stereocenters. The quantitative estimate of drug-likeness (QED) is 0.403. The third-order valence-corrected chi connectivity index (χ3v) is 1.27. The molecule has 0 aromatic carbocycles. The fourth-order valence-corrected chi connectivity index (χ4v) is 0.642. The molecule has 0 rings (SSSR count). The molecule has 0 aliphatic heterocycles. The molecule has 0 bridgehead atoms. The summed E-state index contributed by atoms with van der Waals surface area (Å²) in [6.07, 6.45) is -6.25. The second-order valence-corrected chi connectivity index (χ2v) is 2.36. The van der Waals surface area contributed by atoms with Crippen molar-refractivity contribution in [1.29, 1.82) is 0 Å². The average molecular weight is 209 g/mol. The monoisotopic (exact) mass is 209 g/mol. The Morgan fingerprint density at radius 2 is 1.86 bits per heavy atom. The number of hydrogen-bond acceptors (Lipinski definition) is 2. The van der Waals surface area contributed by atoms with E-state index in [4.69, 9.17) is 5.53 Å². The number of halogens is 3. The first-order valence-corrected chi connectivity index (χ1v) is 3.56. The first-order valence-electron chi connectivity index (χ1n) is 3.56. The van der Waals surface area contributed by atoms with Crippen LogP contribution in [-0.4, -0.2) is 17.9 Å². The molecular weight excluding hydrogens is 203 g/mol. The van der Waals surface area contributed by atoms with Crippen molar-refractivity contribution in [3.05, 3.63) is 10.4 Å². The van der Waals surface area contributed by atoms with E-state index in [1.807, 2.05) is 0 Å². The zero-order valence-electron chi connectivity index (χ0n) is 6.91. The van der Waals surface area contributed by atoms with Gasteiger partial charge in [-0.2, -0.15) is 13.2 Å². The molecule has 5 nitrogen and oxygen atoms in total. The Labute approximate surface area is 76.5 Å².